The minimum Gasteiger partial charge on any atom is -0.493 e. The van der Waals surface area contributed by atoms with Gasteiger partial charge in [0.15, 0.2) is 11.5 Å². The number of halogens is 3. The van der Waals surface area contributed by atoms with E-state index in [-0.39, 0.29) is 5.69 Å². The quantitative estimate of drug-likeness (QED) is 0.340. The summed E-state index contributed by atoms with van der Waals surface area (Å²) in [4.78, 5) is 12.7. The molecule has 1 N–H and O–H groups in total. The number of anilines is 2. The standard InChI is InChI=1S/C21H15BrClFN4O2/c1-29-18-8-14-17(9-19(18)30-10-12-4-5-25-20(22)6-12)26-11-27-21(14)28-16-3-2-13(23)7-15(16)24/h2-9,11H,10H2,1H3,(H,26,27,28). The Bertz CT molecular complexity index is 1220. The Labute approximate surface area is 185 Å². The number of methoxy groups -OCH3 is 1. The Hall–Kier alpha value is -2.97. The first kappa shape index (κ1) is 20.3. The van der Waals surface area contributed by atoms with E-state index in [1.807, 2.05) is 12.1 Å². The molecule has 2 aromatic heterocycles. The van der Waals surface area contributed by atoms with Gasteiger partial charge in [0.2, 0.25) is 0 Å². The van der Waals surface area contributed by atoms with Crippen molar-refractivity contribution >= 4 is 49.9 Å². The lowest BCUT2D eigenvalue weighted by Gasteiger charge is -2.14. The number of pyridine rings is 1. The highest BCUT2D eigenvalue weighted by atomic mass is 79.9. The molecule has 0 saturated carbocycles. The SMILES string of the molecule is COc1cc2c(Nc3ccc(Cl)cc3F)ncnc2cc1OCc1ccnc(Br)c1. The maximum atomic E-state index is 14.2. The van der Waals surface area contributed by atoms with Gasteiger partial charge in [-0.2, -0.15) is 0 Å². The first-order valence-electron chi connectivity index (χ1n) is 8.81. The zero-order valence-electron chi connectivity index (χ0n) is 15.7. The fraction of sp³-hybridized carbons (Fsp3) is 0.0952. The summed E-state index contributed by atoms with van der Waals surface area (Å²) in [7, 11) is 1.55. The van der Waals surface area contributed by atoms with Crippen LogP contribution in [0.3, 0.4) is 0 Å². The zero-order chi connectivity index (χ0) is 21.1. The third kappa shape index (κ3) is 4.44. The molecule has 2 heterocycles. The van der Waals surface area contributed by atoms with E-state index in [0.29, 0.717) is 39.8 Å². The van der Waals surface area contributed by atoms with Crippen LogP contribution in [-0.2, 0) is 6.61 Å². The second-order valence-electron chi connectivity index (χ2n) is 6.27. The zero-order valence-corrected chi connectivity index (χ0v) is 18.0. The fourth-order valence-electron chi connectivity index (χ4n) is 2.85. The molecule has 0 spiro atoms. The van der Waals surface area contributed by atoms with Crippen molar-refractivity contribution in [2.75, 3.05) is 12.4 Å². The molecule has 0 atom stereocenters. The summed E-state index contributed by atoms with van der Waals surface area (Å²) in [6, 6.07) is 11.6. The van der Waals surface area contributed by atoms with Crippen LogP contribution in [0.15, 0.2) is 59.6 Å². The van der Waals surface area contributed by atoms with Crippen molar-refractivity contribution in [2.45, 2.75) is 6.61 Å². The van der Waals surface area contributed by atoms with Crippen LogP contribution in [0.4, 0.5) is 15.9 Å². The highest BCUT2D eigenvalue weighted by Crippen LogP contribution is 2.35. The summed E-state index contributed by atoms with van der Waals surface area (Å²) in [5, 5.41) is 3.95. The Morgan fingerprint density at radius 1 is 1.07 bits per heavy atom. The van der Waals surface area contributed by atoms with Gasteiger partial charge in [-0.25, -0.2) is 19.3 Å². The van der Waals surface area contributed by atoms with E-state index < -0.39 is 5.82 Å². The van der Waals surface area contributed by atoms with Crippen molar-refractivity contribution in [3.8, 4) is 11.5 Å². The summed E-state index contributed by atoms with van der Waals surface area (Å²) in [5.41, 5.74) is 1.82. The van der Waals surface area contributed by atoms with Gasteiger partial charge in [-0.3, -0.25) is 0 Å². The van der Waals surface area contributed by atoms with Crippen LogP contribution in [0.1, 0.15) is 5.56 Å². The molecule has 0 aliphatic rings. The van der Waals surface area contributed by atoms with Gasteiger partial charge in [-0.1, -0.05) is 11.6 Å². The predicted octanol–water partition coefficient (Wildman–Crippen LogP) is 5.91. The smallest absolute Gasteiger partial charge is 0.163 e. The van der Waals surface area contributed by atoms with Crippen LogP contribution in [-0.4, -0.2) is 22.1 Å². The number of hydrogen-bond acceptors (Lipinski definition) is 6. The summed E-state index contributed by atoms with van der Waals surface area (Å²) in [6.07, 6.45) is 3.09. The maximum absolute atomic E-state index is 14.2. The Morgan fingerprint density at radius 2 is 1.93 bits per heavy atom. The van der Waals surface area contributed by atoms with Crippen molar-refractivity contribution < 1.29 is 13.9 Å². The Kier molecular flexibility index (Phi) is 5.96. The highest BCUT2D eigenvalue weighted by molar-refractivity contribution is 9.10. The van der Waals surface area contributed by atoms with Gasteiger partial charge in [0.1, 0.15) is 29.2 Å². The predicted molar refractivity (Wildman–Crippen MR) is 117 cm³/mol. The molecule has 4 rings (SSSR count). The molecule has 0 aliphatic heterocycles. The van der Waals surface area contributed by atoms with E-state index in [1.54, 1.807) is 37.6 Å². The number of nitrogens with zero attached hydrogens (tertiary/aromatic N) is 3. The molecule has 0 saturated heterocycles. The Morgan fingerprint density at radius 3 is 2.70 bits per heavy atom. The normalized spacial score (nSPS) is 10.8. The monoisotopic (exact) mass is 488 g/mol. The number of fused-ring (bicyclic) bond motifs is 1. The number of aromatic nitrogens is 3. The largest absolute Gasteiger partial charge is 0.493 e. The number of rotatable bonds is 6. The van der Waals surface area contributed by atoms with E-state index in [9.17, 15) is 4.39 Å². The lowest BCUT2D eigenvalue weighted by Crippen LogP contribution is -2.01. The molecule has 2 aromatic carbocycles. The van der Waals surface area contributed by atoms with E-state index in [0.717, 1.165) is 10.2 Å². The molecule has 30 heavy (non-hydrogen) atoms. The van der Waals surface area contributed by atoms with Gasteiger partial charge in [-0.05, 0) is 57.9 Å². The second kappa shape index (κ2) is 8.81. The minimum atomic E-state index is -0.482. The molecule has 0 unspecified atom stereocenters. The first-order chi connectivity index (χ1) is 14.5. The highest BCUT2D eigenvalue weighted by Gasteiger charge is 2.13. The number of nitrogens with one attached hydrogen (secondary N) is 1. The van der Waals surface area contributed by atoms with Gasteiger partial charge in [0, 0.05) is 22.7 Å². The van der Waals surface area contributed by atoms with Crippen LogP contribution in [0.2, 0.25) is 5.02 Å². The van der Waals surface area contributed by atoms with Gasteiger partial charge in [0.25, 0.3) is 0 Å². The molecule has 152 valence electrons. The van der Waals surface area contributed by atoms with Crippen molar-refractivity contribution in [3.63, 3.8) is 0 Å². The molecular weight excluding hydrogens is 475 g/mol. The number of ether oxygens (including phenoxy) is 2. The van der Waals surface area contributed by atoms with Crippen molar-refractivity contribution in [1.82, 2.24) is 15.0 Å². The summed E-state index contributed by atoms with van der Waals surface area (Å²) in [5.74, 6) is 0.985. The van der Waals surface area contributed by atoms with Gasteiger partial charge >= 0.3 is 0 Å². The lowest BCUT2D eigenvalue weighted by molar-refractivity contribution is 0.285. The average molecular weight is 490 g/mol. The van der Waals surface area contributed by atoms with E-state index in [4.69, 9.17) is 21.1 Å². The van der Waals surface area contributed by atoms with Gasteiger partial charge in [-0.15, -0.1) is 0 Å². The fourth-order valence-corrected chi connectivity index (χ4v) is 3.42. The molecular formula is C21H15BrClFN4O2. The van der Waals surface area contributed by atoms with E-state index in [1.165, 1.54) is 12.4 Å². The third-order valence-electron chi connectivity index (χ3n) is 4.29. The molecule has 0 bridgehead atoms. The maximum Gasteiger partial charge on any atom is 0.163 e. The summed E-state index contributed by atoms with van der Waals surface area (Å²) in [6.45, 7) is 0.329. The van der Waals surface area contributed by atoms with Crippen LogP contribution in [0, 0.1) is 5.82 Å². The first-order valence-corrected chi connectivity index (χ1v) is 9.98. The third-order valence-corrected chi connectivity index (χ3v) is 4.96. The molecule has 6 nitrogen and oxygen atoms in total. The minimum absolute atomic E-state index is 0.252. The molecule has 0 fully saturated rings. The van der Waals surface area contributed by atoms with Crippen molar-refractivity contribution in [1.29, 1.82) is 0 Å². The van der Waals surface area contributed by atoms with Crippen molar-refractivity contribution in [3.05, 3.63) is 76.0 Å². The summed E-state index contributed by atoms with van der Waals surface area (Å²) < 4.78 is 26.3. The van der Waals surface area contributed by atoms with Crippen LogP contribution >= 0.6 is 27.5 Å². The topological polar surface area (TPSA) is 69.2 Å². The molecule has 0 amide bonds. The Balaban J connectivity index is 1.66. The summed E-state index contributed by atoms with van der Waals surface area (Å²) >= 11 is 9.17. The average Bonchev–Trinajstić information content (AvgIpc) is 2.74. The second-order valence-corrected chi connectivity index (χ2v) is 7.52. The van der Waals surface area contributed by atoms with Crippen LogP contribution < -0.4 is 14.8 Å². The number of benzene rings is 2. The van der Waals surface area contributed by atoms with Gasteiger partial charge < -0.3 is 14.8 Å². The lowest BCUT2D eigenvalue weighted by atomic mass is 10.2. The van der Waals surface area contributed by atoms with Crippen LogP contribution in [0.25, 0.3) is 10.9 Å². The molecule has 0 aliphatic carbocycles. The van der Waals surface area contributed by atoms with Crippen molar-refractivity contribution in [2.24, 2.45) is 0 Å². The van der Waals surface area contributed by atoms with Gasteiger partial charge in [0.05, 0.1) is 18.3 Å². The molecule has 9 heteroatoms. The van der Waals surface area contributed by atoms with E-state index in [2.05, 4.69) is 36.2 Å². The molecule has 4 aromatic rings. The van der Waals surface area contributed by atoms with Crippen LogP contribution in [0.5, 0.6) is 11.5 Å². The van der Waals surface area contributed by atoms with E-state index >= 15 is 0 Å². The molecule has 0 radical (unpaired) electrons. The number of hydrogen-bond donors (Lipinski definition) is 1.